The third-order valence-corrected chi connectivity index (χ3v) is 4.80. The van der Waals surface area contributed by atoms with Crippen molar-refractivity contribution in [3.8, 4) is 0 Å². The van der Waals surface area contributed by atoms with Crippen LogP contribution in [-0.4, -0.2) is 26.5 Å². The number of aromatic nitrogens is 1. The molecule has 0 spiro atoms. The molecule has 0 aliphatic rings. The number of hydrogen-bond acceptors (Lipinski definition) is 6. The van der Waals surface area contributed by atoms with Crippen LogP contribution in [0.25, 0.3) is 0 Å². The van der Waals surface area contributed by atoms with E-state index in [2.05, 4.69) is 25.7 Å². The van der Waals surface area contributed by atoms with Gasteiger partial charge < -0.3 is 4.74 Å². The van der Waals surface area contributed by atoms with Crippen LogP contribution >= 0.6 is 27.3 Å². The first-order chi connectivity index (χ1) is 9.93. The van der Waals surface area contributed by atoms with Gasteiger partial charge in [-0.1, -0.05) is 0 Å². The third-order valence-electron chi connectivity index (χ3n) is 2.64. The molecule has 6 nitrogen and oxygen atoms in total. The van der Waals surface area contributed by atoms with Gasteiger partial charge in [-0.3, -0.25) is 0 Å². The topological polar surface area (TPSA) is 76.6 Å². The number of aryl methyl sites for hydroxylation is 1. The molecule has 0 unspecified atom stereocenters. The molecule has 0 fully saturated rings. The minimum absolute atomic E-state index is 0.341. The summed E-state index contributed by atoms with van der Waals surface area (Å²) in [4.78, 5) is 16.3. The highest BCUT2D eigenvalue weighted by molar-refractivity contribution is 9.11. The van der Waals surface area contributed by atoms with E-state index in [0.717, 1.165) is 9.18 Å². The van der Waals surface area contributed by atoms with Crippen molar-refractivity contribution in [2.24, 2.45) is 0 Å². The highest BCUT2D eigenvalue weighted by Gasteiger charge is 2.19. The van der Waals surface area contributed by atoms with Crippen LogP contribution in [0.3, 0.4) is 0 Å². The zero-order chi connectivity index (χ0) is 15.6. The van der Waals surface area contributed by atoms with Crippen LogP contribution < -0.4 is 4.31 Å². The maximum absolute atomic E-state index is 11.6. The molecule has 21 heavy (non-hydrogen) atoms. The maximum atomic E-state index is 11.6. The number of carbonyl (C=O) groups is 1. The Morgan fingerprint density at radius 2 is 1.95 bits per heavy atom. The summed E-state index contributed by atoms with van der Waals surface area (Å²) in [5.41, 5.74) is 0.748. The molecule has 0 aliphatic carbocycles. The van der Waals surface area contributed by atoms with Crippen molar-refractivity contribution >= 4 is 55.6 Å². The van der Waals surface area contributed by atoms with Gasteiger partial charge in [0.1, 0.15) is 0 Å². The monoisotopic (exact) mass is 390 g/mol. The smallest absolute Gasteiger partial charge is 0.337 e. The summed E-state index contributed by atoms with van der Waals surface area (Å²) < 4.78 is 29.4. The van der Waals surface area contributed by atoms with Gasteiger partial charge in [0.2, 0.25) is 10.9 Å². The molecule has 1 aromatic carbocycles. The number of ether oxygens (including phenoxy) is 1. The summed E-state index contributed by atoms with van der Waals surface area (Å²) in [6.07, 6.45) is 0. The molecule has 1 aromatic heterocycles. The second-order valence-corrected chi connectivity index (χ2v) is 7.29. The lowest BCUT2D eigenvalue weighted by Gasteiger charge is -2.16. The molecule has 112 valence electrons. The van der Waals surface area contributed by atoms with E-state index in [1.165, 1.54) is 42.7 Å². The van der Waals surface area contributed by atoms with Crippen molar-refractivity contribution in [2.45, 2.75) is 6.92 Å². The number of methoxy groups -OCH3 is 1. The third kappa shape index (κ3) is 3.42. The number of hydrogen-bond donors (Lipinski definition) is 1. The summed E-state index contributed by atoms with van der Waals surface area (Å²) in [6, 6.07) is 6.07. The van der Waals surface area contributed by atoms with Gasteiger partial charge in [0.15, 0.2) is 9.73 Å². The summed E-state index contributed by atoms with van der Waals surface area (Å²) in [5, 5.41) is 0. The minimum atomic E-state index is -2.91. The first kappa shape index (κ1) is 15.9. The lowest BCUT2D eigenvalue weighted by Crippen LogP contribution is -2.16. The molecule has 0 N–H and O–H groups in total. The molecule has 0 radical (unpaired) electrons. The molecule has 2 rings (SSSR count). The van der Waals surface area contributed by atoms with Gasteiger partial charge in [-0.2, -0.15) is 0 Å². The molecule has 2 aromatic rings. The van der Waals surface area contributed by atoms with E-state index in [9.17, 15) is 13.2 Å². The second-order valence-electron chi connectivity index (χ2n) is 3.93. The fourth-order valence-electron chi connectivity index (χ4n) is 1.70. The zero-order valence-corrected chi connectivity index (χ0v) is 14.4. The average Bonchev–Trinajstić information content (AvgIpc) is 2.77. The predicted molar refractivity (Wildman–Crippen MR) is 84.8 cm³/mol. The van der Waals surface area contributed by atoms with Crippen LogP contribution in [0.2, 0.25) is 0 Å². The van der Waals surface area contributed by atoms with E-state index in [1.54, 1.807) is 6.92 Å². The highest BCUT2D eigenvalue weighted by Crippen LogP contribution is 2.33. The standard InChI is InChI=1S/C12H11BrN2O4S2/c1-7-10(14-12(13)20-7)15(21(17)18)9-5-3-8(4-6-9)11(16)19-2/h3-6,21H,1-2H3. The van der Waals surface area contributed by atoms with Crippen LogP contribution in [0.4, 0.5) is 11.5 Å². The van der Waals surface area contributed by atoms with Crippen LogP contribution in [0.5, 0.6) is 0 Å². The van der Waals surface area contributed by atoms with Crippen molar-refractivity contribution in [3.63, 3.8) is 0 Å². The summed E-state index contributed by atoms with van der Waals surface area (Å²) in [7, 11) is -1.62. The SMILES string of the molecule is COC(=O)c1ccc(N(c2nc(Br)sc2C)[SH](=O)=O)cc1. The molecular weight excluding hydrogens is 380 g/mol. The van der Waals surface area contributed by atoms with Crippen molar-refractivity contribution < 1.29 is 17.9 Å². The molecule has 0 amide bonds. The Balaban J connectivity index is 2.44. The van der Waals surface area contributed by atoms with Gasteiger partial charge in [0.25, 0.3) is 0 Å². The number of rotatable bonds is 4. The van der Waals surface area contributed by atoms with Gasteiger partial charge in [0, 0.05) is 4.88 Å². The summed E-state index contributed by atoms with van der Waals surface area (Å²) >= 11 is 4.58. The van der Waals surface area contributed by atoms with Crippen molar-refractivity contribution in [1.29, 1.82) is 0 Å². The number of anilines is 2. The molecule has 0 saturated heterocycles. The van der Waals surface area contributed by atoms with E-state index in [-0.39, 0.29) is 0 Å². The lowest BCUT2D eigenvalue weighted by atomic mass is 10.2. The first-order valence-corrected chi connectivity index (χ1v) is 8.43. The van der Waals surface area contributed by atoms with Gasteiger partial charge in [-0.15, -0.1) is 11.3 Å². The molecule has 0 atom stereocenters. The molecule has 0 saturated carbocycles. The second kappa shape index (κ2) is 6.54. The normalized spacial score (nSPS) is 10.7. The van der Waals surface area contributed by atoms with Crippen LogP contribution in [-0.2, 0) is 15.6 Å². The average molecular weight is 391 g/mol. The Morgan fingerprint density at radius 3 is 2.38 bits per heavy atom. The van der Waals surface area contributed by atoms with E-state index in [1.807, 2.05) is 0 Å². The summed E-state index contributed by atoms with van der Waals surface area (Å²) in [6.45, 7) is 1.78. The molecular formula is C12H11BrN2O4S2. The fraction of sp³-hybridized carbons (Fsp3) is 0.167. The van der Waals surface area contributed by atoms with Crippen LogP contribution in [0, 0.1) is 6.92 Å². The number of thiazole rings is 1. The van der Waals surface area contributed by atoms with Gasteiger partial charge >= 0.3 is 5.97 Å². The quantitative estimate of drug-likeness (QED) is 0.641. The Morgan fingerprint density at radius 1 is 1.33 bits per heavy atom. The number of carbonyl (C=O) groups excluding carboxylic acids is 1. The van der Waals surface area contributed by atoms with E-state index in [0.29, 0.717) is 21.0 Å². The fourth-order valence-corrected chi connectivity index (χ4v) is 3.95. The van der Waals surface area contributed by atoms with Crippen molar-refractivity contribution in [3.05, 3.63) is 38.6 Å². The number of benzene rings is 1. The number of nitrogens with zero attached hydrogens (tertiary/aromatic N) is 2. The largest absolute Gasteiger partial charge is 0.465 e. The molecule has 1 heterocycles. The predicted octanol–water partition coefficient (Wildman–Crippen LogP) is 2.67. The Labute approximate surface area is 135 Å². The van der Waals surface area contributed by atoms with Gasteiger partial charge in [-0.25, -0.2) is 22.5 Å². The minimum Gasteiger partial charge on any atom is -0.465 e. The maximum Gasteiger partial charge on any atom is 0.337 e. The molecule has 9 heteroatoms. The number of esters is 1. The van der Waals surface area contributed by atoms with E-state index >= 15 is 0 Å². The lowest BCUT2D eigenvalue weighted by molar-refractivity contribution is 0.0601. The van der Waals surface area contributed by atoms with E-state index in [4.69, 9.17) is 0 Å². The zero-order valence-electron chi connectivity index (χ0n) is 11.1. The molecule has 0 aliphatic heterocycles. The van der Waals surface area contributed by atoms with Crippen molar-refractivity contribution in [1.82, 2.24) is 4.98 Å². The summed E-state index contributed by atoms with van der Waals surface area (Å²) in [5.74, 6) is -0.138. The van der Waals surface area contributed by atoms with Crippen LogP contribution in [0.15, 0.2) is 28.2 Å². The van der Waals surface area contributed by atoms with Gasteiger partial charge in [0.05, 0.1) is 18.4 Å². The first-order valence-electron chi connectivity index (χ1n) is 5.69. The van der Waals surface area contributed by atoms with Crippen LogP contribution in [0.1, 0.15) is 15.2 Å². The van der Waals surface area contributed by atoms with E-state index < -0.39 is 16.9 Å². The Bertz CT molecular complexity index is 732. The number of thiol groups is 1. The Hall–Kier alpha value is -1.45. The Kier molecular flexibility index (Phi) is 4.96. The van der Waals surface area contributed by atoms with Gasteiger partial charge in [-0.05, 0) is 47.1 Å². The number of halogens is 1. The highest BCUT2D eigenvalue weighted by atomic mass is 79.9. The van der Waals surface area contributed by atoms with Crippen molar-refractivity contribution in [2.75, 3.05) is 11.4 Å². The molecule has 0 bridgehead atoms.